The lowest BCUT2D eigenvalue weighted by molar-refractivity contribution is -0.154. The molecule has 1 aliphatic rings. The van der Waals surface area contributed by atoms with E-state index in [-0.39, 0.29) is 30.6 Å². The average Bonchev–Trinajstić information content (AvgIpc) is 2.85. The van der Waals surface area contributed by atoms with Gasteiger partial charge in [0, 0.05) is 19.1 Å². The highest BCUT2D eigenvalue weighted by molar-refractivity contribution is 7.98. The van der Waals surface area contributed by atoms with Crippen molar-refractivity contribution in [2.24, 2.45) is 11.8 Å². The summed E-state index contributed by atoms with van der Waals surface area (Å²) in [7, 11) is 0. The monoisotopic (exact) mass is 492 g/mol. The van der Waals surface area contributed by atoms with Gasteiger partial charge in [0.05, 0.1) is 6.61 Å². The summed E-state index contributed by atoms with van der Waals surface area (Å²) in [5.41, 5.74) is 0.890. The molecule has 1 aliphatic heterocycles. The number of esters is 1. The van der Waals surface area contributed by atoms with Crippen molar-refractivity contribution < 1.29 is 23.9 Å². The number of carbonyl (C=O) groups excluding carboxylic acids is 3. The second kappa shape index (κ2) is 15.6. The Bertz CT molecular complexity index is 761. The van der Waals surface area contributed by atoms with Gasteiger partial charge in [0.1, 0.15) is 12.5 Å². The minimum absolute atomic E-state index is 0.0779. The molecule has 0 aromatic heterocycles. The Morgan fingerprint density at radius 3 is 2.59 bits per heavy atom. The van der Waals surface area contributed by atoms with Gasteiger partial charge >= 0.3 is 12.1 Å². The topological polar surface area (TPSA) is 84.9 Å². The summed E-state index contributed by atoms with van der Waals surface area (Å²) in [4.78, 5) is 40.2. The third-order valence-electron chi connectivity index (χ3n) is 6.14. The SMILES string of the molecule is CCCCOC(=O)N1CCC(NC(=O)[C@H](CCSC)C(=O)OCc2ccccc2)C(CCC)C1. The molecule has 1 N–H and O–H groups in total. The van der Waals surface area contributed by atoms with Crippen molar-refractivity contribution in [2.75, 3.05) is 31.7 Å². The summed E-state index contributed by atoms with van der Waals surface area (Å²) < 4.78 is 10.9. The van der Waals surface area contributed by atoms with Crippen LogP contribution in [0, 0.1) is 11.8 Å². The summed E-state index contributed by atoms with van der Waals surface area (Å²) in [6, 6.07) is 9.39. The molecular weight excluding hydrogens is 452 g/mol. The molecule has 190 valence electrons. The zero-order valence-electron chi connectivity index (χ0n) is 20.8. The maximum atomic E-state index is 13.2. The van der Waals surface area contributed by atoms with Crippen molar-refractivity contribution >= 4 is 29.7 Å². The van der Waals surface area contributed by atoms with E-state index in [1.165, 1.54) is 0 Å². The Morgan fingerprint density at radius 2 is 1.91 bits per heavy atom. The summed E-state index contributed by atoms with van der Waals surface area (Å²) in [6.45, 7) is 5.83. The lowest BCUT2D eigenvalue weighted by atomic mass is 9.88. The third-order valence-corrected chi connectivity index (χ3v) is 6.78. The van der Waals surface area contributed by atoms with E-state index >= 15 is 0 Å². The molecule has 8 heteroatoms. The van der Waals surface area contributed by atoms with Crippen molar-refractivity contribution in [1.82, 2.24) is 10.2 Å². The number of nitrogens with zero attached hydrogens (tertiary/aromatic N) is 1. The van der Waals surface area contributed by atoms with Gasteiger partial charge in [0.15, 0.2) is 0 Å². The molecule has 1 heterocycles. The number of unbranched alkanes of at least 4 members (excludes halogenated alkanes) is 1. The molecule has 1 fully saturated rings. The molecule has 0 spiro atoms. The van der Waals surface area contributed by atoms with Crippen molar-refractivity contribution in [3.8, 4) is 0 Å². The first kappa shape index (κ1) is 28.0. The fourth-order valence-electron chi connectivity index (χ4n) is 4.15. The Balaban J connectivity index is 1.97. The van der Waals surface area contributed by atoms with Crippen molar-refractivity contribution in [3.05, 3.63) is 35.9 Å². The average molecular weight is 493 g/mol. The van der Waals surface area contributed by atoms with Gasteiger partial charge in [-0.15, -0.1) is 0 Å². The van der Waals surface area contributed by atoms with E-state index in [2.05, 4.69) is 19.2 Å². The van der Waals surface area contributed by atoms with Gasteiger partial charge in [-0.3, -0.25) is 9.59 Å². The standard InChI is InChI=1S/C26H40N2O5S/c1-4-6-16-32-26(31)28-15-13-23(21(18-28)10-5-2)27-24(29)22(14-17-34-3)25(30)33-19-20-11-8-7-9-12-20/h7-9,11-12,21-23H,4-6,10,13-19H2,1-3H3,(H,27,29)/t21?,22-,23?/m0/s1. The number of thioether (sulfide) groups is 1. The molecule has 2 amide bonds. The van der Waals surface area contributed by atoms with Gasteiger partial charge in [-0.2, -0.15) is 11.8 Å². The Hall–Kier alpha value is -2.22. The van der Waals surface area contributed by atoms with Crippen LogP contribution in [0.15, 0.2) is 30.3 Å². The van der Waals surface area contributed by atoms with Crippen LogP contribution < -0.4 is 5.32 Å². The van der Waals surface area contributed by atoms with Crippen LogP contribution >= 0.6 is 11.8 Å². The molecule has 1 saturated heterocycles. The molecule has 0 radical (unpaired) electrons. The number of hydrogen-bond acceptors (Lipinski definition) is 6. The van der Waals surface area contributed by atoms with Gasteiger partial charge in [0.25, 0.3) is 0 Å². The zero-order chi connectivity index (χ0) is 24.8. The predicted molar refractivity (Wildman–Crippen MR) is 136 cm³/mol. The Morgan fingerprint density at radius 1 is 1.15 bits per heavy atom. The first-order valence-electron chi connectivity index (χ1n) is 12.4. The van der Waals surface area contributed by atoms with Crippen LogP contribution in [0.1, 0.15) is 57.9 Å². The number of carbonyl (C=O) groups is 3. The largest absolute Gasteiger partial charge is 0.460 e. The highest BCUT2D eigenvalue weighted by atomic mass is 32.2. The van der Waals surface area contributed by atoms with E-state index in [1.807, 2.05) is 36.6 Å². The molecule has 34 heavy (non-hydrogen) atoms. The number of rotatable bonds is 13. The first-order valence-corrected chi connectivity index (χ1v) is 13.8. The third kappa shape index (κ3) is 9.20. The van der Waals surface area contributed by atoms with E-state index in [1.54, 1.807) is 16.7 Å². The van der Waals surface area contributed by atoms with Crippen LogP contribution in [0.2, 0.25) is 0 Å². The molecule has 0 bridgehead atoms. The number of amides is 2. The summed E-state index contributed by atoms with van der Waals surface area (Å²) in [6.07, 6.45) is 6.43. The van der Waals surface area contributed by atoms with Crippen molar-refractivity contribution in [2.45, 2.75) is 65.0 Å². The highest BCUT2D eigenvalue weighted by Gasteiger charge is 2.35. The van der Waals surface area contributed by atoms with Gasteiger partial charge in [-0.25, -0.2) is 4.79 Å². The Labute approximate surface area is 208 Å². The van der Waals surface area contributed by atoms with Crippen LogP contribution in [0.4, 0.5) is 4.79 Å². The maximum absolute atomic E-state index is 13.2. The van der Waals surface area contributed by atoms with Gasteiger partial charge in [-0.05, 0) is 49.2 Å². The number of nitrogens with one attached hydrogen (secondary N) is 1. The van der Waals surface area contributed by atoms with Gasteiger partial charge in [0.2, 0.25) is 5.91 Å². The van der Waals surface area contributed by atoms with E-state index < -0.39 is 11.9 Å². The molecule has 2 unspecified atom stereocenters. The van der Waals surface area contributed by atoms with E-state index in [0.717, 1.165) is 31.2 Å². The number of ether oxygens (including phenoxy) is 2. The lowest BCUT2D eigenvalue weighted by Crippen LogP contribution is -2.54. The van der Waals surface area contributed by atoms with E-state index in [4.69, 9.17) is 9.47 Å². The van der Waals surface area contributed by atoms with Crippen molar-refractivity contribution in [3.63, 3.8) is 0 Å². The smallest absolute Gasteiger partial charge is 0.409 e. The van der Waals surface area contributed by atoms with Crippen molar-refractivity contribution in [1.29, 1.82) is 0 Å². The Kier molecular flexibility index (Phi) is 12.9. The number of piperidine rings is 1. The van der Waals surface area contributed by atoms with Crippen LogP contribution in [-0.4, -0.2) is 60.6 Å². The molecule has 1 aromatic rings. The van der Waals surface area contributed by atoms with Crippen LogP contribution in [0.3, 0.4) is 0 Å². The number of hydrogen-bond donors (Lipinski definition) is 1. The van der Waals surface area contributed by atoms with E-state index in [9.17, 15) is 14.4 Å². The molecule has 0 saturated carbocycles. The quantitative estimate of drug-likeness (QED) is 0.245. The van der Waals surface area contributed by atoms with Crippen LogP contribution in [0.25, 0.3) is 0 Å². The second-order valence-corrected chi connectivity index (χ2v) is 9.78. The summed E-state index contributed by atoms with van der Waals surface area (Å²) >= 11 is 1.60. The molecule has 7 nitrogen and oxygen atoms in total. The normalized spacial score (nSPS) is 18.7. The molecule has 2 rings (SSSR count). The second-order valence-electron chi connectivity index (χ2n) is 8.79. The lowest BCUT2D eigenvalue weighted by Gasteiger charge is -2.38. The zero-order valence-corrected chi connectivity index (χ0v) is 21.6. The molecule has 1 aromatic carbocycles. The van der Waals surface area contributed by atoms with Gasteiger partial charge < -0.3 is 19.7 Å². The number of likely N-dealkylation sites (tertiary alicyclic amines) is 1. The summed E-state index contributed by atoms with van der Waals surface area (Å²) in [5.74, 6) is -0.783. The molecule has 0 aliphatic carbocycles. The first-order chi connectivity index (χ1) is 16.5. The minimum Gasteiger partial charge on any atom is -0.460 e. The minimum atomic E-state index is -0.838. The van der Waals surface area contributed by atoms with Crippen LogP contribution in [-0.2, 0) is 25.7 Å². The fraction of sp³-hybridized carbons (Fsp3) is 0.654. The van der Waals surface area contributed by atoms with Gasteiger partial charge in [-0.1, -0.05) is 57.0 Å². The molecule has 3 atom stereocenters. The van der Waals surface area contributed by atoms with E-state index in [0.29, 0.717) is 38.3 Å². The maximum Gasteiger partial charge on any atom is 0.409 e. The fourth-order valence-corrected chi connectivity index (χ4v) is 4.62. The number of benzene rings is 1. The highest BCUT2D eigenvalue weighted by Crippen LogP contribution is 2.24. The summed E-state index contributed by atoms with van der Waals surface area (Å²) in [5, 5.41) is 3.13. The molecular formula is C26H40N2O5S. The van der Waals surface area contributed by atoms with Crippen LogP contribution in [0.5, 0.6) is 0 Å². The predicted octanol–water partition coefficient (Wildman–Crippen LogP) is 4.64.